The molecular weight excluding hydrogens is 260 g/mol. The van der Waals surface area contributed by atoms with Crippen molar-refractivity contribution in [3.05, 3.63) is 17.7 Å². The largest absolute Gasteiger partial charge is 0.497 e. The fourth-order valence-electron chi connectivity index (χ4n) is 2.76. The van der Waals surface area contributed by atoms with Gasteiger partial charge in [0.05, 0.1) is 23.4 Å². The van der Waals surface area contributed by atoms with Crippen LogP contribution in [0.1, 0.15) is 37.9 Å². The minimum atomic E-state index is -0.514. The fourth-order valence-corrected chi connectivity index (χ4v) is 3.55. The second-order valence-corrected chi connectivity index (χ2v) is 6.59. The Morgan fingerprint density at radius 2 is 2.21 bits per heavy atom. The van der Waals surface area contributed by atoms with Crippen LogP contribution in [-0.4, -0.2) is 17.2 Å². The fraction of sp³-hybridized carbons (Fsp3) is 0.500. The van der Waals surface area contributed by atoms with Gasteiger partial charge in [-0.3, -0.25) is 0 Å². The van der Waals surface area contributed by atoms with E-state index in [9.17, 15) is 5.11 Å². The highest BCUT2D eigenvalue weighted by Gasteiger charge is 2.40. The highest BCUT2D eigenvalue weighted by Crippen LogP contribution is 2.51. The molecule has 0 bridgehead atoms. The average molecular weight is 278 g/mol. The van der Waals surface area contributed by atoms with E-state index in [1.807, 2.05) is 12.1 Å². The zero-order valence-corrected chi connectivity index (χ0v) is 12.0. The molecule has 2 aromatic rings. The van der Waals surface area contributed by atoms with Crippen LogP contribution in [0.3, 0.4) is 0 Å². The molecule has 1 saturated carbocycles. The van der Waals surface area contributed by atoms with Crippen molar-refractivity contribution in [2.45, 2.75) is 32.3 Å². The van der Waals surface area contributed by atoms with Gasteiger partial charge in [-0.2, -0.15) is 0 Å². The van der Waals surface area contributed by atoms with Crippen molar-refractivity contribution in [2.75, 3.05) is 12.8 Å². The third kappa shape index (κ3) is 1.97. The smallest absolute Gasteiger partial charge is 0.181 e. The number of hydrogen-bond donors (Lipinski definition) is 2. The van der Waals surface area contributed by atoms with Gasteiger partial charge >= 0.3 is 0 Å². The van der Waals surface area contributed by atoms with Crippen molar-refractivity contribution < 1.29 is 9.84 Å². The van der Waals surface area contributed by atoms with Crippen molar-refractivity contribution in [3.8, 4) is 5.75 Å². The Labute approximate surface area is 116 Å². The second kappa shape index (κ2) is 4.35. The molecule has 1 aliphatic rings. The van der Waals surface area contributed by atoms with Gasteiger partial charge in [0.1, 0.15) is 5.75 Å². The first-order chi connectivity index (χ1) is 9.03. The van der Waals surface area contributed by atoms with E-state index in [1.54, 1.807) is 7.11 Å². The normalized spacial score (nSPS) is 19.1. The lowest BCUT2D eigenvalue weighted by Gasteiger charge is -2.42. The molecule has 19 heavy (non-hydrogen) atoms. The third-order valence-electron chi connectivity index (χ3n) is 4.20. The summed E-state index contributed by atoms with van der Waals surface area (Å²) in [7, 11) is 1.63. The van der Waals surface area contributed by atoms with Crippen LogP contribution in [0.2, 0.25) is 0 Å². The monoisotopic (exact) mass is 278 g/mol. The highest BCUT2D eigenvalue weighted by molar-refractivity contribution is 7.22. The molecule has 1 aliphatic carbocycles. The molecule has 0 amide bonds. The first kappa shape index (κ1) is 12.7. The van der Waals surface area contributed by atoms with E-state index in [-0.39, 0.29) is 5.41 Å². The van der Waals surface area contributed by atoms with Crippen LogP contribution in [-0.2, 0) is 0 Å². The van der Waals surface area contributed by atoms with Gasteiger partial charge < -0.3 is 15.6 Å². The first-order valence-electron chi connectivity index (χ1n) is 6.45. The number of thiazole rings is 1. The predicted molar refractivity (Wildman–Crippen MR) is 77.5 cm³/mol. The van der Waals surface area contributed by atoms with Crippen LogP contribution in [0.15, 0.2) is 12.1 Å². The lowest BCUT2D eigenvalue weighted by Crippen LogP contribution is -2.32. The van der Waals surface area contributed by atoms with E-state index in [4.69, 9.17) is 10.5 Å². The number of nitrogen functional groups attached to an aromatic ring is 1. The number of nitrogens with two attached hydrogens (primary N) is 1. The maximum absolute atomic E-state index is 10.7. The third-order valence-corrected chi connectivity index (χ3v) is 5.03. The summed E-state index contributed by atoms with van der Waals surface area (Å²) in [5.74, 6) is 0.744. The Kier molecular flexibility index (Phi) is 2.91. The van der Waals surface area contributed by atoms with Crippen molar-refractivity contribution in [1.29, 1.82) is 0 Å². The lowest BCUT2D eigenvalue weighted by molar-refractivity contribution is -0.0212. The maximum atomic E-state index is 10.7. The van der Waals surface area contributed by atoms with Gasteiger partial charge in [-0.25, -0.2) is 4.98 Å². The van der Waals surface area contributed by atoms with Crippen LogP contribution in [0.25, 0.3) is 10.2 Å². The molecule has 1 aromatic carbocycles. The number of aliphatic hydroxyl groups is 1. The molecule has 0 radical (unpaired) electrons. The minimum absolute atomic E-state index is 0.0440. The van der Waals surface area contributed by atoms with Gasteiger partial charge in [0.25, 0.3) is 0 Å². The average Bonchev–Trinajstić information content (AvgIpc) is 2.73. The summed E-state index contributed by atoms with van der Waals surface area (Å²) in [5, 5.41) is 11.2. The predicted octanol–water partition coefficient (Wildman–Crippen LogP) is 3.11. The quantitative estimate of drug-likeness (QED) is 0.905. The summed E-state index contributed by atoms with van der Waals surface area (Å²) in [4.78, 5) is 4.36. The number of anilines is 1. The van der Waals surface area contributed by atoms with E-state index in [2.05, 4.69) is 11.9 Å². The van der Waals surface area contributed by atoms with Crippen molar-refractivity contribution >= 4 is 26.7 Å². The molecule has 3 N–H and O–H groups in total. The number of rotatable bonds is 3. The maximum Gasteiger partial charge on any atom is 0.181 e. The molecule has 5 heteroatoms. The Morgan fingerprint density at radius 3 is 2.79 bits per heavy atom. The molecular formula is C14H18N2O2S. The van der Waals surface area contributed by atoms with Crippen molar-refractivity contribution in [3.63, 3.8) is 0 Å². The summed E-state index contributed by atoms with van der Waals surface area (Å²) in [5.41, 5.74) is 7.39. The molecule has 1 fully saturated rings. The van der Waals surface area contributed by atoms with Gasteiger partial charge in [-0.1, -0.05) is 24.7 Å². The van der Waals surface area contributed by atoms with Crippen LogP contribution >= 0.6 is 11.3 Å². The number of aliphatic hydroxyl groups excluding tert-OH is 1. The van der Waals surface area contributed by atoms with E-state index in [1.165, 1.54) is 17.8 Å². The van der Waals surface area contributed by atoms with Gasteiger partial charge in [-0.15, -0.1) is 0 Å². The van der Waals surface area contributed by atoms with Gasteiger partial charge in [-0.05, 0) is 30.4 Å². The van der Waals surface area contributed by atoms with E-state index < -0.39 is 6.10 Å². The molecule has 1 unspecified atom stereocenters. The molecule has 3 rings (SSSR count). The highest BCUT2D eigenvalue weighted by atomic mass is 32.1. The molecule has 102 valence electrons. The summed E-state index contributed by atoms with van der Waals surface area (Å²) in [6, 6.07) is 3.80. The molecule has 1 heterocycles. The molecule has 0 saturated heterocycles. The number of fused-ring (bicyclic) bond motifs is 1. The van der Waals surface area contributed by atoms with E-state index in [0.717, 1.165) is 34.4 Å². The Hall–Kier alpha value is -1.33. The Morgan fingerprint density at radius 1 is 1.47 bits per heavy atom. The molecule has 0 aliphatic heterocycles. The Bertz CT molecular complexity index is 619. The molecule has 1 aromatic heterocycles. The molecule has 4 nitrogen and oxygen atoms in total. The lowest BCUT2D eigenvalue weighted by atomic mass is 9.65. The minimum Gasteiger partial charge on any atom is -0.497 e. The second-order valence-electron chi connectivity index (χ2n) is 5.53. The summed E-state index contributed by atoms with van der Waals surface area (Å²) >= 11 is 1.43. The topological polar surface area (TPSA) is 68.4 Å². The van der Waals surface area contributed by atoms with Crippen LogP contribution in [0.4, 0.5) is 5.13 Å². The van der Waals surface area contributed by atoms with Crippen LogP contribution in [0.5, 0.6) is 5.75 Å². The van der Waals surface area contributed by atoms with E-state index >= 15 is 0 Å². The standard InChI is InChI=1S/C14H18N2O2S/c1-14(4-3-5-14)12(17)9-6-8(18-2)7-10-11(9)16-13(15)19-10/h6-7,12,17H,3-5H2,1-2H3,(H2,15,16). The number of benzene rings is 1. The van der Waals surface area contributed by atoms with Gasteiger partial charge in [0, 0.05) is 5.56 Å². The van der Waals surface area contributed by atoms with E-state index in [0.29, 0.717) is 5.13 Å². The number of aromatic nitrogens is 1. The van der Waals surface area contributed by atoms with Crippen molar-refractivity contribution in [1.82, 2.24) is 4.98 Å². The molecule has 1 atom stereocenters. The summed E-state index contributed by atoms with van der Waals surface area (Å²) in [6.45, 7) is 2.13. The summed E-state index contributed by atoms with van der Waals surface area (Å²) in [6.07, 6.45) is 2.76. The number of ether oxygens (including phenoxy) is 1. The van der Waals surface area contributed by atoms with Crippen LogP contribution < -0.4 is 10.5 Å². The van der Waals surface area contributed by atoms with Crippen molar-refractivity contribution in [2.24, 2.45) is 5.41 Å². The number of hydrogen-bond acceptors (Lipinski definition) is 5. The SMILES string of the molecule is COc1cc(C(O)C2(C)CCC2)c2nc(N)sc2c1. The zero-order valence-electron chi connectivity index (χ0n) is 11.1. The number of nitrogens with zero attached hydrogens (tertiary/aromatic N) is 1. The first-order valence-corrected chi connectivity index (χ1v) is 7.27. The van der Waals surface area contributed by atoms with Gasteiger partial charge in [0.15, 0.2) is 5.13 Å². The zero-order chi connectivity index (χ0) is 13.6. The van der Waals surface area contributed by atoms with Gasteiger partial charge in [0.2, 0.25) is 0 Å². The summed E-state index contributed by atoms with van der Waals surface area (Å²) < 4.78 is 6.28. The number of methoxy groups -OCH3 is 1. The Balaban J connectivity index is 2.15. The van der Waals surface area contributed by atoms with Crippen LogP contribution in [0, 0.1) is 5.41 Å². The molecule has 0 spiro atoms.